The second-order valence-electron chi connectivity index (χ2n) is 6.00. The van der Waals surface area contributed by atoms with Crippen LogP contribution in [-0.2, 0) is 16.6 Å². The van der Waals surface area contributed by atoms with Crippen molar-refractivity contribution in [1.29, 1.82) is 0 Å². The van der Waals surface area contributed by atoms with Gasteiger partial charge in [-0.05, 0) is 48.0 Å². The molecule has 0 heterocycles. The van der Waals surface area contributed by atoms with Crippen LogP contribution in [0.25, 0.3) is 0 Å². The summed E-state index contributed by atoms with van der Waals surface area (Å²) in [5.74, 6) is -2.65. The molecule has 6 nitrogen and oxygen atoms in total. The molecule has 3 aromatic rings. The summed E-state index contributed by atoms with van der Waals surface area (Å²) in [4.78, 5) is 10.4. The molecule has 2 N–H and O–H groups in total. The normalized spacial score (nSPS) is 11.1. The van der Waals surface area contributed by atoms with E-state index in [0.717, 1.165) is 17.7 Å². The third kappa shape index (κ3) is 5.08. The van der Waals surface area contributed by atoms with Crippen LogP contribution >= 0.6 is 0 Å². The zero-order valence-corrected chi connectivity index (χ0v) is 15.6. The lowest BCUT2D eigenvalue weighted by Crippen LogP contribution is -2.14. The number of sulfonamides is 1. The molecule has 150 valence electrons. The average molecular weight is 419 g/mol. The van der Waals surface area contributed by atoms with Crippen LogP contribution in [0, 0.1) is 11.6 Å². The van der Waals surface area contributed by atoms with Crippen molar-refractivity contribution in [1.82, 2.24) is 0 Å². The Labute approximate surface area is 165 Å². The maximum atomic E-state index is 13.8. The Morgan fingerprint density at radius 1 is 1.00 bits per heavy atom. The molecule has 0 unspecified atom stereocenters. The number of hydrogen-bond acceptors (Lipinski definition) is 4. The van der Waals surface area contributed by atoms with Crippen molar-refractivity contribution in [3.05, 3.63) is 89.5 Å². The van der Waals surface area contributed by atoms with Gasteiger partial charge < -0.3 is 9.84 Å². The fourth-order valence-electron chi connectivity index (χ4n) is 2.45. The fraction of sp³-hybridized carbons (Fsp3) is 0.0500. The first-order chi connectivity index (χ1) is 13.7. The molecule has 0 aliphatic carbocycles. The van der Waals surface area contributed by atoms with E-state index in [-0.39, 0.29) is 18.1 Å². The maximum absolute atomic E-state index is 13.8. The summed E-state index contributed by atoms with van der Waals surface area (Å²) in [6.45, 7) is 0.151. The first-order valence-electron chi connectivity index (χ1n) is 8.27. The van der Waals surface area contributed by atoms with E-state index in [2.05, 4.69) is 4.72 Å². The minimum Gasteiger partial charge on any atom is -0.489 e. The third-order valence-electron chi connectivity index (χ3n) is 3.89. The van der Waals surface area contributed by atoms with Crippen LogP contribution in [-0.4, -0.2) is 19.5 Å². The van der Waals surface area contributed by atoms with Crippen molar-refractivity contribution < 1.29 is 31.8 Å². The molecule has 0 spiro atoms. The zero-order valence-electron chi connectivity index (χ0n) is 14.8. The quantitative estimate of drug-likeness (QED) is 0.603. The van der Waals surface area contributed by atoms with E-state index >= 15 is 0 Å². The van der Waals surface area contributed by atoms with Crippen molar-refractivity contribution in [3.63, 3.8) is 0 Å². The van der Waals surface area contributed by atoms with Crippen LogP contribution in [0.4, 0.5) is 14.5 Å². The van der Waals surface area contributed by atoms with Crippen LogP contribution in [0.3, 0.4) is 0 Å². The Balaban J connectivity index is 1.74. The molecule has 0 aromatic heterocycles. The van der Waals surface area contributed by atoms with Gasteiger partial charge in [-0.2, -0.15) is 0 Å². The first-order valence-corrected chi connectivity index (χ1v) is 9.76. The molecule has 0 atom stereocenters. The van der Waals surface area contributed by atoms with Gasteiger partial charge in [0.1, 0.15) is 24.0 Å². The van der Waals surface area contributed by atoms with Gasteiger partial charge in [0.15, 0.2) is 0 Å². The highest BCUT2D eigenvalue weighted by molar-refractivity contribution is 7.92. The van der Waals surface area contributed by atoms with E-state index in [1.54, 1.807) is 24.3 Å². The summed E-state index contributed by atoms with van der Waals surface area (Å²) < 4.78 is 59.5. The summed E-state index contributed by atoms with van der Waals surface area (Å²) >= 11 is 0. The summed E-state index contributed by atoms with van der Waals surface area (Å²) in [5.41, 5.74) is 0.274. The van der Waals surface area contributed by atoms with Crippen LogP contribution in [0.1, 0.15) is 15.9 Å². The number of hydrogen-bond donors (Lipinski definition) is 2. The first kappa shape index (κ1) is 20.3. The molecule has 9 heteroatoms. The molecule has 0 radical (unpaired) electrons. The minimum atomic E-state index is -4.15. The highest BCUT2D eigenvalue weighted by Gasteiger charge is 2.19. The molecular weight excluding hydrogens is 404 g/mol. The summed E-state index contributed by atoms with van der Waals surface area (Å²) in [5, 5.41) is 8.83. The van der Waals surface area contributed by atoms with Gasteiger partial charge in [0.25, 0.3) is 10.0 Å². The number of rotatable bonds is 7. The standard InChI is InChI=1S/C20H15F2NO5S/c21-14-6-4-13(5-7-14)12-28-16-3-1-2-15(10-16)23-29(26,27)17-8-9-18(20(24)25)19(22)11-17/h1-11,23H,12H2,(H,24,25). The Kier molecular flexibility index (Phi) is 5.79. The van der Waals surface area contributed by atoms with Gasteiger partial charge in [-0.1, -0.05) is 18.2 Å². The van der Waals surface area contributed by atoms with E-state index < -0.39 is 32.3 Å². The van der Waals surface area contributed by atoms with Gasteiger partial charge in [-0.3, -0.25) is 4.72 Å². The smallest absolute Gasteiger partial charge is 0.338 e. The summed E-state index contributed by atoms with van der Waals surface area (Å²) in [6.07, 6.45) is 0. The molecule has 3 aromatic carbocycles. The largest absolute Gasteiger partial charge is 0.489 e. The molecule has 0 saturated carbocycles. The lowest BCUT2D eigenvalue weighted by molar-refractivity contribution is 0.0691. The zero-order chi connectivity index (χ0) is 21.0. The molecule has 0 aliphatic rings. The Morgan fingerprint density at radius 3 is 2.38 bits per heavy atom. The number of halogens is 2. The highest BCUT2D eigenvalue weighted by Crippen LogP contribution is 2.23. The van der Waals surface area contributed by atoms with Gasteiger partial charge in [-0.15, -0.1) is 0 Å². The molecule has 3 rings (SSSR count). The van der Waals surface area contributed by atoms with E-state index in [1.165, 1.54) is 24.3 Å². The van der Waals surface area contributed by atoms with Gasteiger partial charge in [0, 0.05) is 6.07 Å². The van der Waals surface area contributed by atoms with Crippen molar-refractivity contribution in [3.8, 4) is 5.75 Å². The summed E-state index contributed by atoms with van der Waals surface area (Å²) in [7, 11) is -4.15. The highest BCUT2D eigenvalue weighted by atomic mass is 32.2. The van der Waals surface area contributed by atoms with Gasteiger partial charge in [0.05, 0.1) is 16.1 Å². The predicted molar refractivity (Wildman–Crippen MR) is 101 cm³/mol. The molecule has 0 aliphatic heterocycles. The number of nitrogens with one attached hydrogen (secondary N) is 1. The summed E-state index contributed by atoms with van der Waals surface area (Å²) in [6, 6.07) is 14.4. The number of aromatic carboxylic acids is 1. The third-order valence-corrected chi connectivity index (χ3v) is 5.27. The number of anilines is 1. The van der Waals surface area contributed by atoms with E-state index in [0.29, 0.717) is 11.8 Å². The number of carboxylic acid groups (broad SMARTS) is 1. The number of carboxylic acids is 1. The average Bonchev–Trinajstić information content (AvgIpc) is 2.67. The second kappa shape index (κ2) is 8.27. The minimum absolute atomic E-state index is 0.151. The van der Waals surface area contributed by atoms with Crippen LogP contribution in [0.15, 0.2) is 71.6 Å². The van der Waals surface area contributed by atoms with Crippen molar-refractivity contribution in [2.75, 3.05) is 4.72 Å². The van der Waals surface area contributed by atoms with E-state index in [4.69, 9.17) is 9.84 Å². The number of carbonyl (C=O) groups is 1. The van der Waals surface area contributed by atoms with Crippen LogP contribution in [0.2, 0.25) is 0 Å². The van der Waals surface area contributed by atoms with Gasteiger partial charge in [0.2, 0.25) is 0 Å². The lowest BCUT2D eigenvalue weighted by Gasteiger charge is -2.11. The SMILES string of the molecule is O=C(O)c1ccc(S(=O)(=O)Nc2cccc(OCc3ccc(F)cc3)c2)cc1F. The van der Waals surface area contributed by atoms with Crippen molar-refractivity contribution in [2.45, 2.75) is 11.5 Å². The molecule has 0 bridgehead atoms. The lowest BCUT2D eigenvalue weighted by atomic mass is 10.2. The van der Waals surface area contributed by atoms with E-state index in [9.17, 15) is 22.0 Å². The molecule has 0 saturated heterocycles. The monoisotopic (exact) mass is 419 g/mol. The predicted octanol–water partition coefficient (Wildman–Crippen LogP) is 4.04. The van der Waals surface area contributed by atoms with Crippen LogP contribution < -0.4 is 9.46 Å². The van der Waals surface area contributed by atoms with Gasteiger partial charge >= 0.3 is 5.97 Å². The van der Waals surface area contributed by atoms with Crippen LogP contribution in [0.5, 0.6) is 5.75 Å². The molecule has 0 fully saturated rings. The Bertz CT molecular complexity index is 1150. The molecule has 0 amide bonds. The topological polar surface area (TPSA) is 92.7 Å². The molecule has 29 heavy (non-hydrogen) atoms. The fourth-order valence-corrected chi connectivity index (χ4v) is 3.51. The maximum Gasteiger partial charge on any atom is 0.338 e. The number of benzene rings is 3. The van der Waals surface area contributed by atoms with E-state index in [1.807, 2.05) is 0 Å². The number of ether oxygens (including phenoxy) is 1. The Morgan fingerprint density at radius 2 is 1.72 bits per heavy atom. The Hall–Kier alpha value is -3.46. The van der Waals surface area contributed by atoms with Gasteiger partial charge in [-0.25, -0.2) is 22.0 Å². The van der Waals surface area contributed by atoms with Crippen molar-refractivity contribution in [2.24, 2.45) is 0 Å². The second-order valence-corrected chi connectivity index (χ2v) is 7.68. The van der Waals surface area contributed by atoms with Crippen molar-refractivity contribution >= 4 is 21.7 Å². The molecular formula is C20H15F2NO5S.